The van der Waals surface area contributed by atoms with E-state index in [1.165, 1.54) is 22.9 Å². The Kier molecular flexibility index (Phi) is 7.19. The maximum Gasteiger partial charge on any atom is 0.230 e. The SMILES string of the molecule is COc1ccccc1OCCNC(=O)CSc1nccn1-c1cc(C)cc(C)c1. The van der Waals surface area contributed by atoms with Crippen molar-refractivity contribution in [1.82, 2.24) is 14.9 Å². The lowest BCUT2D eigenvalue weighted by Gasteiger charge is -2.11. The molecule has 6 nitrogen and oxygen atoms in total. The third kappa shape index (κ3) is 5.77. The van der Waals surface area contributed by atoms with Gasteiger partial charge in [-0.15, -0.1) is 0 Å². The summed E-state index contributed by atoms with van der Waals surface area (Å²) < 4.78 is 12.9. The molecule has 0 radical (unpaired) electrons. The number of nitrogens with one attached hydrogen (secondary N) is 1. The van der Waals surface area contributed by atoms with Crippen LogP contribution in [0.25, 0.3) is 5.69 Å². The van der Waals surface area contributed by atoms with Crippen molar-refractivity contribution in [2.75, 3.05) is 26.0 Å². The normalized spacial score (nSPS) is 10.6. The minimum atomic E-state index is -0.0615. The molecule has 0 atom stereocenters. The molecule has 0 aliphatic carbocycles. The average molecular weight is 412 g/mol. The van der Waals surface area contributed by atoms with Crippen LogP contribution >= 0.6 is 11.8 Å². The largest absolute Gasteiger partial charge is 0.493 e. The molecule has 0 saturated heterocycles. The van der Waals surface area contributed by atoms with Crippen molar-refractivity contribution in [2.24, 2.45) is 0 Å². The molecule has 3 rings (SSSR count). The van der Waals surface area contributed by atoms with Gasteiger partial charge < -0.3 is 14.8 Å². The van der Waals surface area contributed by atoms with E-state index in [2.05, 4.69) is 42.3 Å². The van der Waals surface area contributed by atoms with Crippen LogP contribution in [-0.2, 0) is 4.79 Å². The molecule has 1 amide bonds. The highest BCUT2D eigenvalue weighted by Crippen LogP contribution is 2.25. The number of hydrogen-bond acceptors (Lipinski definition) is 5. The van der Waals surface area contributed by atoms with Crippen LogP contribution in [0.2, 0.25) is 0 Å². The molecule has 0 aliphatic heterocycles. The van der Waals surface area contributed by atoms with Crippen LogP contribution in [0.15, 0.2) is 60.0 Å². The van der Waals surface area contributed by atoms with Gasteiger partial charge in [0.25, 0.3) is 0 Å². The number of methoxy groups -OCH3 is 1. The molecule has 2 aromatic carbocycles. The summed E-state index contributed by atoms with van der Waals surface area (Å²) >= 11 is 1.41. The lowest BCUT2D eigenvalue weighted by molar-refractivity contribution is -0.118. The Morgan fingerprint density at radius 2 is 1.86 bits per heavy atom. The molecule has 1 aromatic heterocycles. The van der Waals surface area contributed by atoms with Crippen LogP contribution in [0.1, 0.15) is 11.1 Å². The van der Waals surface area contributed by atoms with Gasteiger partial charge in [0.15, 0.2) is 16.7 Å². The van der Waals surface area contributed by atoms with Crippen LogP contribution in [0, 0.1) is 13.8 Å². The van der Waals surface area contributed by atoms with Crippen molar-refractivity contribution in [3.05, 3.63) is 66.0 Å². The molecule has 0 bridgehead atoms. The molecule has 0 unspecified atom stereocenters. The van der Waals surface area contributed by atoms with Gasteiger partial charge in [0.1, 0.15) is 6.61 Å². The van der Waals surface area contributed by atoms with Gasteiger partial charge in [0, 0.05) is 18.1 Å². The lowest BCUT2D eigenvalue weighted by atomic mass is 10.1. The van der Waals surface area contributed by atoms with E-state index >= 15 is 0 Å². The monoisotopic (exact) mass is 411 g/mol. The molecule has 1 heterocycles. The standard InChI is InChI=1S/C22H25N3O3S/c1-16-12-17(2)14-18(13-16)25-10-8-24-22(25)29-15-21(26)23-9-11-28-20-7-5-4-6-19(20)27-3/h4-8,10,12-14H,9,11,15H2,1-3H3,(H,23,26). The van der Waals surface area contributed by atoms with Crippen molar-refractivity contribution >= 4 is 17.7 Å². The first-order valence-electron chi connectivity index (χ1n) is 9.34. The first-order chi connectivity index (χ1) is 14.1. The zero-order valence-corrected chi connectivity index (χ0v) is 17.7. The fraction of sp³-hybridized carbons (Fsp3) is 0.273. The number of aryl methyl sites for hydroxylation is 2. The van der Waals surface area contributed by atoms with E-state index in [0.29, 0.717) is 24.7 Å². The number of amides is 1. The summed E-state index contributed by atoms with van der Waals surface area (Å²) in [6.07, 6.45) is 3.66. The van der Waals surface area contributed by atoms with Gasteiger partial charge in [0.2, 0.25) is 5.91 Å². The second-order valence-electron chi connectivity index (χ2n) is 6.56. The first-order valence-corrected chi connectivity index (χ1v) is 10.3. The van der Waals surface area contributed by atoms with E-state index in [1.807, 2.05) is 35.0 Å². The zero-order chi connectivity index (χ0) is 20.6. The minimum Gasteiger partial charge on any atom is -0.493 e. The number of ether oxygens (including phenoxy) is 2. The van der Waals surface area contributed by atoms with Crippen molar-refractivity contribution < 1.29 is 14.3 Å². The van der Waals surface area contributed by atoms with E-state index in [4.69, 9.17) is 9.47 Å². The first kappa shape index (κ1) is 20.8. The summed E-state index contributed by atoms with van der Waals surface area (Å²) in [5.74, 6) is 1.56. The van der Waals surface area contributed by atoms with Gasteiger partial charge in [0.05, 0.1) is 19.4 Å². The van der Waals surface area contributed by atoms with Crippen molar-refractivity contribution in [1.29, 1.82) is 0 Å². The number of rotatable bonds is 9. The third-order valence-electron chi connectivity index (χ3n) is 4.17. The van der Waals surface area contributed by atoms with Gasteiger partial charge >= 0.3 is 0 Å². The fourth-order valence-electron chi connectivity index (χ4n) is 2.95. The quantitative estimate of drug-likeness (QED) is 0.429. The molecule has 0 spiro atoms. The Morgan fingerprint density at radius 3 is 2.59 bits per heavy atom. The molecule has 0 aliphatic rings. The number of benzene rings is 2. The topological polar surface area (TPSA) is 65.4 Å². The summed E-state index contributed by atoms with van der Waals surface area (Å²) in [4.78, 5) is 16.6. The van der Waals surface area contributed by atoms with Gasteiger partial charge in [-0.05, 0) is 49.2 Å². The van der Waals surface area contributed by atoms with Gasteiger partial charge in [-0.3, -0.25) is 9.36 Å². The van der Waals surface area contributed by atoms with Crippen LogP contribution < -0.4 is 14.8 Å². The van der Waals surface area contributed by atoms with Crippen molar-refractivity contribution in [3.63, 3.8) is 0 Å². The van der Waals surface area contributed by atoms with E-state index in [-0.39, 0.29) is 11.7 Å². The summed E-state index contributed by atoms with van der Waals surface area (Å²) in [6.45, 7) is 4.93. The number of aromatic nitrogens is 2. The molecule has 0 fully saturated rings. The minimum absolute atomic E-state index is 0.0615. The second-order valence-corrected chi connectivity index (χ2v) is 7.51. The van der Waals surface area contributed by atoms with Crippen molar-refractivity contribution in [3.8, 4) is 17.2 Å². The number of hydrogen-bond donors (Lipinski definition) is 1. The highest BCUT2D eigenvalue weighted by Gasteiger charge is 2.10. The maximum absolute atomic E-state index is 12.2. The third-order valence-corrected chi connectivity index (χ3v) is 5.14. The highest BCUT2D eigenvalue weighted by molar-refractivity contribution is 7.99. The number of carbonyl (C=O) groups is 1. The predicted molar refractivity (Wildman–Crippen MR) is 115 cm³/mol. The van der Waals surface area contributed by atoms with Crippen molar-refractivity contribution in [2.45, 2.75) is 19.0 Å². The number of nitrogens with zero attached hydrogens (tertiary/aromatic N) is 2. The Bertz CT molecular complexity index is 951. The zero-order valence-electron chi connectivity index (χ0n) is 16.8. The lowest BCUT2D eigenvalue weighted by Crippen LogP contribution is -2.29. The molecule has 29 heavy (non-hydrogen) atoms. The van der Waals surface area contributed by atoms with E-state index in [9.17, 15) is 4.79 Å². The second kappa shape index (κ2) is 10.0. The Morgan fingerprint density at radius 1 is 1.14 bits per heavy atom. The molecular formula is C22H25N3O3S. The number of imidazole rings is 1. The smallest absolute Gasteiger partial charge is 0.230 e. The summed E-state index contributed by atoms with van der Waals surface area (Å²) in [6, 6.07) is 13.8. The Hall–Kier alpha value is -2.93. The number of para-hydroxylation sites is 2. The summed E-state index contributed by atoms with van der Waals surface area (Å²) in [5, 5.41) is 3.66. The molecule has 3 aromatic rings. The molecular weight excluding hydrogens is 386 g/mol. The van der Waals surface area contributed by atoms with Crippen LogP contribution in [0.4, 0.5) is 0 Å². The highest BCUT2D eigenvalue weighted by atomic mass is 32.2. The Labute approximate surface area is 175 Å². The van der Waals surface area contributed by atoms with Gasteiger partial charge in [-0.25, -0.2) is 4.98 Å². The van der Waals surface area contributed by atoms with Crippen LogP contribution in [0.3, 0.4) is 0 Å². The Balaban J connectivity index is 1.47. The fourth-order valence-corrected chi connectivity index (χ4v) is 3.76. The summed E-state index contributed by atoms with van der Waals surface area (Å²) in [7, 11) is 1.60. The number of carbonyl (C=O) groups excluding carboxylic acids is 1. The molecule has 7 heteroatoms. The van der Waals surface area contributed by atoms with Crippen LogP contribution in [0.5, 0.6) is 11.5 Å². The van der Waals surface area contributed by atoms with E-state index < -0.39 is 0 Å². The van der Waals surface area contributed by atoms with Gasteiger partial charge in [-0.2, -0.15) is 0 Å². The maximum atomic E-state index is 12.2. The molecule has 1 N–H and O–H groups in total. The van der Waals surface area contributed by atoms with E-state index in [0.717, 1.165) is 10.8 Å². The average Bonchev–Trinajstić information content (AvgIpc) is 3.18. The van der Waals surface area contributed by atoms with Gasteiger partial charge in [-0.1, -0.05) is 30.0 Å². The predicted octanol–water partition coefficient (Wildman–Crippen LogP) is 3.79. The summed E-state index contributed by atoms with van der Waals surface area (Å²) in [5.41, 5.74) is 3.43. The van der Waals surface area contributed by atoms with Crippen LogP contribution in [-0.4, -0.2) is 41.5 Å². The molecule has 0 saturated carbocycles. The molecule has 152 valence electrons. The van der Waals surface area contributed by atoms with E-state index in [1.54, 1.807) is 13.3 Å². The number of thioether (sulfide) groups is 1.